The van der Waals surface area contributed by atoms with Crippen LogP contribution in [0.2, 0.25) is 0 Å². The molecule has 0 bridgehead atoms. The molecule has 29 heavy (non-hydrogen) atoms. The van der Waals surface area contributed by atoms with E-state index in [-0.39, 0.29) is 11.9 Å². The largest absolute Gasteiger partial charge is 0.497 e. The van der Waals surface area contributed by atoms with Crippen molar-refractivity contribution in [2.24, 2.45) is 0 Å². The molecule has 1 amide bonds. The Morgan fingerprint density at radius 2 is 1.90 bits per heavy atom. The van der Waals surface area contributed by atoms with Crippen LogP contribution in [-0.4, -0.2) is 30.1 Å². The Morgan fingerprint density at radius 1 is 1.14 bits per heavy atom. The standard InChI is InChI=1S/C21H19FN4O3/c1-28-13-5-3-11(4-6-13)14-7-12(22)8-18(29-2)19(14)17-9-16-15(20(27)25-17)10-24-21(23)26-16/h3-8,10,17H,9H2,1-2H3,(H,25,27)(H2,23,24,26)/t17-/m1/s1. The molecule has 0 aliphatic carbocycles. The normalized spacial score (nSPS) is 15.4. The van der Waals surface area contributed by atoms with Crippen LogP contribution in [0.4, 0.5) is 10.3 Å². The van der Waals surface area contributed by atoms with Crippen LogP contribution in [0.5, 0.6) is 11.5 Å². The number of benzene rings is 2. The minimum Gasteiger partial charge on any atom is -0.497 e. The Bertz CT molecular complexity index is 1090. The quantitative estimate of drug-likeness (QED) is 0.706. The second-order valence-electron chi connectivity index (χ2n) is 6.62. The van der Waals surface area contributed by atoms with Crippen molar-refractivity contribution in [1.82, 2.24) is 15.3 Å². The van der Waals surface area contributed by atoms with Crippen molar-refractivity contribution in [2.75, 3.05) is 20.0 Å². The van der Waals surface area contributed by atoms with Crippen LogP contribution in [0.15, 0.2) is 42.6 Å². The first-order valence-electron chi connectivity index (χ1n) is 8.94. The molecule has 2 aromatic carbocycles. The Kier molecular flexibility index (Phi) is 4.75. The maximum Gasteiger partial charge on any atom is 0.255 e. The minimum atomic E-state index is -0.475. The van der Waals surface area contributed by atoms with Crippen molar-refractivity contribution < 1.29 is 18.7 Å². The average molecular weight is 394 g/mol. The van der Waals surface area contributed by atoms with Crippen molar-refractivity contribution in [3.8, 4) is 22.6 Å². The number of nitrogens with one attached hydrogen (secondary N) is 1. The van der Waals surface area contributed by atoms with E-state index >= 15 is 0 Å². The van der Waals surface area contributed by atoms with Crippen LogP contribution in [0.1, 0.15) is 27.7 Å². The Morgan fingerprint density at radius 3 is 2.59 bits per heavy atom. The predicted octanol–water partition coefficient (Wildman–Crippen LogP) is 2.91. The molecule has 0 saturated carbocycles. The summed E-state index contributed by atoms with van der Waals surface area (Å²) in [7, 11) is 3.04. The number of nitrogen functional groups attached to an aromatic ring is 1. The van der Waals surface area contributed by atoms with Gasteiger partial charge in [0.05, 0.1) is 31.5 Å². The molecule has 4 rings (SSSR count). The molecule has 0 radical (unpaired) electrons. The Hall–Kier alpha value is -3.68. The monoisotopic (exact) mass is 394 g/mol. The number of hydrogen-bond donors (Lipinski definition) is 2. The highest BCUT2D eigenvalue weighted by molar-refractivity contribution is 5.96. The molecule has 8 heteroatoms. The van der Waals surface area contributed by atoms with Gasteiger partial charge in [0.2, 0.25) is 5.95 Å². The molecule has 2 heterocycles. The highest BCUT2D eigenvalue weighted by Crippen LogP contribution is 2.39. The molecule has 148 valence electrons. The summed E-state index contributed by atoms with van der Waals surface area (Å²) in [5.41, 5.74) is 8.65. The van der Waals surface area contributed by atoms with Gasteiger partial charge in [-0.3, -0.25) is 4.79 Å². The van der Waals surface area contributed by atoms with Crippen molar-refractivity contribution in [3.63, 3.8) is 0 Å². The molecule has 3 aromatic rings. The van der Waals surface area contributed by atoms with Gasteiger partial charge in [-0.1, -0.05) is 12.1 Å². The number of anilines is 1. The molecular formula is C21H19FN4O3. The fraction of sp³-hybridized carbons (Fsp3) is 0.190. The van der Waals surface area contributed by atoms with Gasteiger partial charge < -0.3 is 20.5 Å². The molecule has 1 aliphatic rings. The van der Waals surface area contributed by atoms with E-state index in [0.29, 0.717) is 40.3 Å². The van der Waals surface area contributed by atoms with Gasteiger partial charge >= 0.3 is 0 Å². The lowest BCUT2D eigenvalue weighted by Crippen LogP contribution is -2.36. The molecule has 0 spiro atoms. The number of hydrogen-bond acceptors (Lipinski definition) is 6. The molecule has 0 saturated heterocycles. The maximum absolute atomic E-state index is 14.3. The summed E-state index contributed by atoms with van der Waals surface area (Å²) < 4.78 is 25.0. The van der Waals surface area contributed by atoms with Crippen LogP contribution < -0.4 is 20.5 Å². The lowest BCUT2D eigenvalue weighted by Gasteiger charge is -2.28. The fourth-order valence-electron chi connectivity index (χ4n) is 3.56. The summed E-state index contributed by atoms with van der Waals surface area (Å²) in [5.74, 6) is 0.366. The number of carbonyl (C=O) groups excluding carboxylic acids is 1. The lowest BCUT2D eigenvalue weighted by atomic mass is 9.88. The number of nitrogens with two attached hydrogens (primary N) is 1. The van der Waals surface area contributed by atoms with Gasteiger partial charge in [-0.15, -0.1) is 0 Å². The lowest BCUT2D eigenvalue weighted by molar-refractivity contribution is 0.0923. The number of aromatic nitrogens is 2. The SMILES string of the molecule is COc1ccc(-c2cc(F)cc(OC)c2[C@H]2Cc3nc(N)ncc3C(=O)N2)cc1. The summed E-state index contributed by atoms with van der Waals surface area (Å²) in [6, 6.07) is 9.49. The van der Waals surface area contributed by atoms with Gasteiger partial charge in [0, 0.05) is 24.2 Å². The number of fused-ring (bicyclic) bond motifs is 1. The zero-order chi connectivity index (χ0) is 20.5. The van der Waals surface area contributed by atoms with E-state index in [1.165, 1.54) is 25.4 Å². The zero-order valence-corrected chi connectivity index (χ0v) is 15.9. The zero-order valence-electron chi connectivity index (χ0n) is 15.9. The predicted molar refractivity (Wildman–Crippen MR) is 105 cm³/mol. The van der Waals surface area contributed by atoms with Crippen LogP contribution >= 0.6 is 0 Å². The third-order valence-electron chi connectivity index (χ3n) is 4.91. The number of nitrogens with zero attached hydrogens (tertiary/aromatic N) is 2. The van der Waals surface area contributed by atoms with Crippen LogP contribution in [0.25, 0.3) is 11.1 Å². The van der Waals surface area contributed by atoms with E-state index in [2.05, 4.69) is 15.3 Å². The molecule has 1 aliphatic heterocycles. The fourth-order valence-corrected chi connectivity index (χ4v) is 3.56. The number of ether oxygens (including phenoxy) is 2. The van der Waals surface area contributed by atoms with E-state index in [4.69, 9.17) is 15.2 Å². The topological polar surface area (TPSA) is 99.4 Å². The van der Waals surface area contributed by atoms with Gasteiger partial charge in [-0.25, -0.2) is 14.4 Å². The summed E-state index contributed by atoms with van der Waals surface area (Å²) in [6.07, 6.45) is 1.79. The molecule has 1 atom stereocenters. The highest BCUT2D eigenvalue weighted by Gasteiger charge is 2.31. The van der Waals surface area contributed by atoms with Crippen molar-refractivity contribution in [3.05, 3.63) is 65.2 Å². The molecule has 1 aromatic heterocycles. The molecule has 0 unspecified atom stereocenters. The number of amides is 1. The molecule has 7 nitrogen and oxygen atoms in total. The maximum atomic E-state index is 14.3. The second kappa shape index (κ2) is 7.38. The Balaban J connectivity index is 1.85. The van der Waals surface area contributed by atoms with E-state index < -0.39 is 11.9 Å². The highest BCUT2D eigenvalue weighted by atomic mass is 19.1. The van der Waals surface area contributed by atoms with Gasteiger partial charge in [0.25, 0.3) is 5.91 Å². The first kappa shape index (κ1) is 18.7. The van der Waals surface area contributed by atoms with Gasteiger partial charge in [0.15, 0.2) is 0 Å². The van der Waals surface area contributed by atoms with Crippen molar-refractivity contribution in [1.29, 1.82) is 0 Å². The Labute approximate surface area is 166 Å². The third-order valence-corrected chi connectivity index (χ3v) is 4.91. The van der Waals surface area contributed by atoms with Gasteiger partial charge in [-0.05, 0) is 29.3 Å². The number of carbonyl (C=O) groups is 1. The summed E-state index contributed by atoms with van der Waals surface area (Å²) in [5, 5.41) is 2.95. The number of halogens is 1. The first-order valence-corrected chi connectivity index (χ1v) is 8.94. The van der Waals surface area contributed by atoms with E-state index in [9.17, 15) is 9.18 Å². The van der Waals surface area contributed by atoms with Crippen LogP contribution in [-0.2, 0) is 6.42 Å². The summed E-state index contributed by atoms with van der Waals surface area (Å²) in [4.78, 5) is 20.7. The average Bonchev–Trinajstić information content (AvgIpc) is 2.72. The molecule has 0 fully saturated rings. The van der Waals surface area contributed by atoms with E-state index in [1.54, 1.807) is 19.2 Å². The smallest absolute Gasteiger partial charge is 0.255 e. The number of rotatable bonds is 4. The number of methoxy groups -OCH3 is 2. The van der Waals surface area contributed by atoms with Crippen molar-refractivity contribution in [2.45, 2.75) is 12.5 Å². The van der Waals surface area contributed by atoms with Gasteiger partial charge in [0.1, 0.15) is 17.3 Å². The summed E-state index contributed by atoms with van der Waals surface area (Å²) >= 11 is 0. The minimum absolute atomic E-state index is 0.0960. The first-order chi connectivity index (χ1) is 14.0. The van der Waals surface area contributed by atoms with E-state index in [0.717, 1.165) is 5.56 Å². The van der Waals surface area contributed by atoms with E-state index in [1.807, 2.05) is 12.1 Å². The van der Waals surface area contributed by atoms with Crippen LogP contribution in [0.3, 0.4) is 0 Å². The van der Waals surface area contributed by atoms with Gasteiger partial charge in [-0.2, -0.15) is 0 Å². The molecule has 3 N–H and O–H groups in total. The second-order valence-corrected chi connectivity index (χ2v) is 6.62. The van der Waals surface area contributed by atoms with Crippen LogP contribution in [0, 0.1) is 5.82 Å². The van der Waals surface area contributed by atoms with Crippen molar-refractivity contribution >= 4 is 11.9 Å². The third kappa shape index (κ3) is 3.44. The summed E-state index contributed by atoms with van der Waals surface area (Å²) in [6.45, 7) is 0. The molecular weight excluding hydrogens is 375 g/mol.